The van der Waals surface area contributed by atoms with Crippen LogP contribution < -0.4 is 19.5 Å². The van der Waals surface area contributed by atoms with Crippen LogP contribution in [0.4, 0.5) is 5.69 Å². The predicted molar refractivity (Wildman–Crippen MR) is 154 cm³/mol. The van der Waals surface area contributed by atoms with Crippen LogP contribution in [-0.4, -0.2) is 30.5 Å². The van der Waals surface area contributed by atoms with Gasteiger partial charge in [0.05, 0.1) is 31.7 Å². The number of allylic oxidation sites excluding steroid dienone is 1. The highest BCUT2D eigenvalue weighted by molar-refractivity contribution is 6.12. The van der Waals surface area contributed by atoms with Crippen LogP contribution in [0.15, 0.2) is 78.5 Å². The lowest BCUT2D eigenvalue weighted by Gasteiger charge is -2.35. The van der Waals surface area contributed by atoms with Crippen LogP contribution in [0, 0.1) is 6.92 Å². The molecule has 0 amide bonds. The van der Waals surface area contributed by atoms with E-state index in [1.54, 1.807) is 12.3 Å². The molecule has 0 spiro atoms. The van der Waals surface area contributed by atoms with Crippen molar-refractivity contribution in [3.63, 3.8) is 0 Å². The Morgan fingerprint density at radius 1 is 1.02 bits per heavy atom. The van der Waals surface area contributed by atoms with E-state index in [-0.39, 0.29) is 24.9 Å². The number of ketones is 1. The molecule has 7 nitrogen and oxygen atoms in total. The van der Waals surface area contributed by atoms with Crippen LogP contribution in [0.3, 0.4) is 0 Å². The quantitative estimate of drug-likeness (QED) is 0.211. The van der Waals surface area contributed by atoms with Crippen LogP contribution in [0.2, 0.25) is 0 Å². The van der Waals surface area contributed by atoms with Crippen molar-refractivity contribution in [2.75, 3.05) is 19.0 Å². The van der Waals surface area contributed by atoms with Gasteiger partial charge in [0.2, 0.25) is 0 Å². The van der Waals surface area contributed by atoms with Gasteiger partial charge in [-0.25, -0.2) is 0 Å². The number of aryl methyl sites for hydroxylation is 1. The molecule has 7 heteroatoms. The smallest absolute Gasteiger partial charge is 0.314 e. The molecule has 1 N–H and O–H groups in total. The number of esters is 1. The number of hydrogen-bond donors (Lipinski definition) is 1. The lowest BCUT2D eigenvalue weighted by Crippen LogP contribution is -2.27. The average Bonchev–Trinajstić information content (AvgIpc) is 2.98. The number of Topliss-reactive ketones (excluding diaryl/α,β-unsaturated/α-hetero) is 1. The van der Waals surface area contributed by atoms with Crippen molar-refractivity contribution in [3.05, 3.63) is 95.2 Å². The molecular weight excluding hydrogens is 504 g/mol. The fraction of sp³-hybridized carbons (Fsp3) is 0.242. The van der Waals surface area contributed by atoms with E-state index in [9.17, 15) is 9.59 Å². The van der Waals surface area contributed by atoms with E-state index < -0.39 is 5.97 Å². The highest BCUT2D eigenvalue weighted by Gasteiger charge is 2.35. The summed E-state index contributed by atoms with van der Waals surface area (Å²) in [4.78, 5) is 30.4. The highest BCUT2D eigenvalue weighted by atomic mass is 16.6. The molecule has 0 fully saturated rings. The van der Waals surface area contributed by atoms with Crippen LogP contribution in [0.25, 0.3) is 16.5 Å². The Labute approximate surface area is 232 Å². The van der Waals surface area contributed by atoms with Crippen molar-refractivity contribution < 1.29 is 23.8 Å². The van der Waals surface area contributed by atoms with E-state index in [1.807, 2.05) is 61.5 Å². The average molecular weight is 535 g/mol. The minimum Gasteiger partial charge on any atom is -0.493 e. The lowest BCUT2D eigenvalue weighted by atomic mass is 9.77. The number of pyridine rings is 1. The summed E-state index contributed by atoms with van der Waals surface area (Å²) in [5, 5.41) is 4.65. The van der Waals surface area contributed by atoms with Gasteiger partial charge in [-0.15, -0.1) is 0 Å². The molecule has 0 saturated carbocycles. The third-order valence-corrected chi connectivity index (χ3v) is 7.47. The van der Waals surface area contributed by atoms with Gasteiger partial charge in [0.25, 0.3) is 0 Å². The Morgan fingerprint density at radius 3 is 2.70 bits per heavy atom. The summed E-state index contributed by atoms with van der Waals surface area (Å²) >= 11 is 0. The monoisotopic (exact) mass is 534 g/mol. The van der Waals surface area contributed by atoms with Gasteiger partial charge in [-0.3, -0.25) is 14.6 Å². The molecule has 6 rings (SSSR count). The second-order valence-corrected chi connectivity index (χ2v) is 10.1. The number of aromatic nitrogens is 1. The molecule has 1 aliphatic carbocycles. The Bertz CT molecular complexity index is 1640. The van der Waals surface area contributed by atoms with Gasteiger partial charge < -0.3 is 19.5 Å². The van der Waals surface area contributed by atoms with E-state index in [1.165, 1.54) is 7.11 Å². The van der Waals surface area contributed by atoms with Crippen LogP contribution >= 0.6 is 0 Å². The minimum absolute atomic E-state index is 0.0906. The van der Waals surface area contributed by atoms with Crippen LogP contribution in [0.1, 0.15) is 48.4 Å². The van der Waals surface area contributed by atoms with Gasteiger partial charge in [0.1, 0.15) is 5.75 Å². The topological polar surface area (TPSA) is 86.8 Å². The van der Waals surface area contributed by atoms with Crippen LogP contribution in [0.5, 0.6) is 17.2 Å². The first-order valence-electron chi connectivity index (χ1n) is 13.5. The van der Waals surface area contributed by atoms with Gasteiger partial charge >= 0.3 is 5.97 Å². The largest absolute Gasteiger partial charge is 0.493 e. The first-order valence-corrected chi connectivity index (χ1v) is 13.5. The standard InChI is InChI=1S/C33H30N2O5/c1-20-8-11-22(12-9-20)39-18-16-30(37)40-28-15-10-21(19-29(28)38-2)33-32-24(5-3-7-27(32)36)31-23-6-4-17-34-25(23)13-14-26(31)35-33/h4,6,8-15,17,19,33,35H,3,5,7,16,18H2,1-2H3/t33-/m1/s1. The van der Waals surface area contributed by atoms with Crippen LogP contribution in [-0.2, 0) is 9.59 Å². The van der Waals surface area contributed by atoms with Crippen molar-refractivity contribution >= 4 is 33.9 Å². The zero-order chi connectivity index (χ0) is 27.6. The summed E-state index contributed by atoms with van der Waals surface area (Å²) in [6, 6.07) is 20.8. The van der Waals surface area contributed by atoms with Gasteiger partial charge in [-0.2, -0.15) is 0 Å². The second-order valence-electron chi connectivity index (χ2n) is 10.1. The molecule has 2 heterocycles. The highest BCUT2D eigenvalue weighted by Crippen LogP contribution is 2.48. The van der Waals surface area contributed by atoms with Crippen molar-refractivity contribution in [1.82, 2.24) is 4.98 Å². The van der Waals surface area contributed by atoms with E-state index in [2.05, 4.69) is 16.4 Å². The molecule has 4 aromatic rings. The predicted octanol–water partition coefficient (Wildman–Crippen LogP) is 6.60. The van der Waals surface area contributed by atoms with Gasteiger partial charge in [-0.1, -0.05) is 29.8 Å². The fourth-order valence-electron chi connectivity index (χ4n) is 5.54. The van der Waals surface area contributed by atoms with Gasteiger partial charge in [-0.05, 0) is 73.4 Å². The summed E-state index contributed by atoms with van der Waals surface area (Å²) in [7, 11) is 1.54. The zero-order valence-electron chi connectivity index (χ0n) is 22.5. The molecule has 2 aliphatic rings. The normalized spacial score (nSPS) is 16.1. The number of carbonyl (C=O) groups excluding carboxylic acids is 2. The molecule has 1 atom stereocenters. The maximum absolute atomic E-state index is 13.3. The Kier molecular flexibility index (Phi) is 6.95. The molecule has 0 bridgehead atoms. The summed E-state index contributed by atoms with van der Waals surface area (Å²) in [6.07, 6.45) is 4.05. The number of methoxy groups -OCH3 is 1. The van der Waals surface area contributed by atoms with Crippen molar-refractivity contribution in [2.24, 2.45) is 0 Å². The lowest BCUT2D eigenvalue weighted by molar-refractivity contribution is -0.135. The molecule has 40 heavy (non-hydrogen) atoms. The Morgan fingerprint density at radius 2 is 1.88 bits per heavy atom. The molecule has 0 radical (unpaired) electrons. The zero-order valence-corrected chi connectivity index (χ0v) is 22.5. The maximum atomic E-state index is 13.3. The van der Waals surface area contributed by atoms with E-state index >= 15 is 0 Å². The van der Waals surface area contributed by atoms with Crippen molar-refractivity contribution in [2.45, 2.75) is 38.6 Å². The summed E-state index contributed by atoms with van der Waals surface area (Å²) in [5.74, 6) is 1.18. The molecule has 1 aliphatic heterocycles. The van der Waals surface area contributed by atoms with E-state index in [0.29, 0.717) is 23.7 Å². The SMILES string of the molecule is COc1cc([C@H]2Nc3ccc4ncccc4c3C3=C2C(=O)CCC3)ccc1OC(=O)CCOc1ccc(C)cc1. The number of fused-ring (bicyclic) bond motifs is 4. The number of nitrogens with zero attached hydrogens (tertiary/aromatic N) is 1. The summed E-state index contributed by atoms with van der Waals surface area (Å²) < 4.78 is 16.9. The first kappa shape index (κ1) is 25.6. The summed E-state index contributed by atoms with van der Waals surface area (Å²) in [6.45, 7) is 2.21. The second kappa shape index (κ2) is 10.8. The first-order chi connectivity index (χ1) is 19.5. The maximum Gasteiger partial charge on any atom is 0.314 e. The number of benzene rings is 3. The number of carbonyl (C=O) groups is 2. The van der Waals surface area contributed by atoms with E-state index in [0.717, 1.165) is 57.3 Å². The fourth-order valence-corrected chi connectivity index (χ4v) is 5.54. The van der Waals surface area contributed by atoms with Crippen molar-refractivity contribution in [1.29, 1.82) is 0 Å². The molecule has 202 valence electrons. The molecular formula is C33H30N2O5. The number of anilines is 1. The third-order valence-electron chi connectivity index (χ3n) is 7.47. The van der Waals surface area contributed by atoms with Gasteiger partial charge in [0.15, 0.2) is 17.3 Å². The van der Waals surface area contributed by atoms with E-state index in [4.69, 9.17) is 14.2 Å². The number of ether oxygens (including phenoxy) is 3. The third kappa shape index (κ3) is 4.91. The number of rotatable bonds is 7. The molecule has 0 unspecified atom stereocenters. The Hall–Kier alpha value is -4.65. The van der Waals surface area contributed by atoms with Crippen molar-refractivity contribution in [3.8, 4) is 17.2 Å². The number of nitrogens with one attached hydrogen (secondary N) is 1. The molecule has 0 saturated heterocycles. The number of hydrogen-bond acceptors (Lipinski definition) is 7. The van der Waals surface area contributed by atoms with Gasteiger partial charge in [0, 0.05) is 34.8 Å². The summed E-state index contributed by atoms with van der Waals surface area (Å²) in [5.41, 5.74) is 6.81. The molecule has 1 aromatic heterocycles. The molecule has 3 aromatic carbocycles. The Balaban J connectivity index is 1.25. The minimum atomic E-state index is -0.421.